The Bertz CT molecular complexity index is 1430. The molecule has 10 heteroatoms. The Morgan fingerprint density at radius 2 is 1.81 bits per heavy atom. The number of alkyl halides is 3. The monoisotopic (exact) mass is 598 g/mol. The molecule has 0 radical (unpaired) electrons. The Kier molecular flexibility index (Phi) is 10.6. The Morgan fingerprint density at radius 3 is 2.51 bits per heavy atom. The highest BCUT2D eigenvalue weighted by molar-refractivity contribution is 5.99. The summed E-state index contributed by atoms with van der Waals surface area (Å²) in [5, 5.41) is 16.4. The van der Waals surface area contributed by atoms with Crippen LogP contribution in [0, 0.1) is 11.3 Å². The van der Waals surface area contributed by atoms with E-state index in [0.29, 0.717) is 49.0 Å². The molecule has 1 aliphatic rings. The van der Waals surface area contributed by atoms with Gasteiger partial charge in [0.25, 0.3) is 0 Å². The summed E-state index contributed by atoms with van der Waals surface area (Å²) < 4.78 is 52.6. The van der Waals surface area contributed by atoms with Crippen molar-refractivity contribution < 1.29 is 27.4 Å². The van der Waals surface area contributed by atoms with Crippen LogP contribution in [-0.2, 0) is 11.2 Å². The SMILES string of the molecule is CC(C)(C)NC(=O)OCCCNCCCc1cccc(OC(F)(F)F)c1-c1cn(C2CCCCC2)c2ccc(C#N)cc12. The third kappa shape index (κ3) is 9.14. The topological polar surface area (TPSA) is 88.3 Å². The van der Waals surface area contributed by atoms with Gasteiger partial charge in [0.1, 0.15) is 5.75 Å². The van der Waals surface area contributed by atoms with E-state index in [-0.39, 0.29) is 23.9 Å². The van der Waals surface area contributed by atoms with Crippen LogP contribution < -0.4 is 15.4 Å². The zero-order valence-corrected chi connectivity index (χ0v) is 25.2. The molecular formula is C33H41F3N4O3. The lowest BCUT2D eigenvalue weighted by molar-refractivity contribution is -0.274. The van der Waals surface area contributed by atoms with Crippen LogP contribution in [0.25, 0.3) is 22.0 Å². The molecule has 232 valence electrons. The van der Waals surface area contributed by atoms with Gasteiger partial charge in [-0.15, -0.1) is 13.2 Å². The van der Waals surface area contributed by atoms with Crippen LogP contribution in [0.3, 0.4) is 0 Å². The number of nitrogens with zero attached hydrogens (tertiary/aromatic N) is 2. The highest BCUT2D eigenvalue weighted by Gasteiger charge is 2.33. The molecule has 1 saturated carbocycles. The molecule has 2 aromatic carbocycles. The highest BCUT2D eigenvalue weighted by atomic mass is 19.4. The molecule has 4 rings (SSSR count). The molecule has 3 aromatic rings. The molecule has 1 aliphatic carbocycles. The van der Waals surface area contributed by atoms with Crippen molar-refractivity contribution in [1.29, 1.82) is 5.26 Å². The van der Waals surface area contributed by atoms with Gasteiger partial charge in [-0.2, -0.15) is 5.26 Å². The first kappa shape index (κ1) is 32.2. The fourth-order valence-corrected chi connectivity index (χ4v) is 5.72. The third-order valence-electron chi connectivity index (χ3n) is 7.55. The number of carbonyl (C=O) groups excluding carboxylic acids is 1. The number of benzene rings is 2. The predicted octanol–water partition coefficient (Wildman–Crippen LogP) is 8.02. The van der Waals surface area contributed by atoms with E-state index >= 15 is 0 Å². The van der Waals surface area contributed by atoms with Gasteiger partial charge in [-0.1, -0.05) is 31.4 Å². The summed E-state index contributed by atoms with van der Waals surface area (Å²) in [4.78, 5) is 11.8. The van der Waals surface area contributed by atoms with Crippen molar-refractivity contribution in [3.05, 3.63) is 53.7 Å². The van der Waals surface area contributed by atoms with E-state index in [1.165, 1.54) is 12.5 Å². The second-order valence-corrected chi connectivity index (χ2v) is 12.1. The smallest absolute Gasteiger partial charge is 0.450 e. The van der Waals surface area contributed by atoms with E-state index in [9.17, 15) is 23.2 Å². The predicted molar refractivity (Wildman–Crippen MR) is 161 cm³/mol. The summed E-state index contributed by atoms with van der Waals surface area (Å²) in [5.74, 6) is -0.242. The maximum absolute atomic E-state index is 13.6. The Morgan fingerprint density at radius 1 is 1.07 bits per heavy atom. The van der Waals surface area contributed by atoms with E-state index in [4.69, 9.17) is 4.74 Å². The van der Waals surface area contributed by atoms with Gasteiger partial charge in [0, 0.05) is 39.8 Å². The van der Waals surface area contributed by atoms with E-state index in [1.807, 2.05) is 39.1 Å². The number of fused-ring (bicyclic) bond motifs is 1. The lowest BCUT2D eigenvalue weighted by atomic mass is 9.94. The molecule has 0 spiro atoms. The minimum Gasteiger partial charge on any atom is -0.450 e. The van der Waals surface area contributed by atoms with E-state index in [0.717, 1.165) is 42.1 Å². The molecule has 0 bridgehead atoms. The van der Waals surface area contributed by atoms with E-state index in [1.54, 1.807) is 18.2 Å². The van der Waals surface area contributed by atoms with Gasteiger partial charge in [0.05, 0.1) is 18.2 Å². The summed E-state index contributed by atoms with van der Waals surface area (Å²) in [7, 11) is 0. The number of aromatic nitrogens is 1. The molecule has 2 N–H and O–H groups in total. The van der Waals surface area contributed by atoms with Gasteiger partial charge in [-0.05, 0) is 95.8 Å². The molecule has 0 aliphatic heterocycles. The molecule has 0 atom stereocenters. The summed E-state index contributed by atoms with van der Waals surface area (Å²) in [6, 6.07) is 12.7. The van der Waals surface area contributed by atoms with E-state index < -0.39 is 12.5 Å². The minimum atomic E-state index is -4.85. The molecule has 7 nitrogen and oxygen atoms in total. The molecule has 1 amide bonds. The Hall–Kier alpha value is -3.71. The number of hydrogen-bond donors (Lipinski definition) is 2. The number of nitriles is 1. The second-order valence-electron chi connectivity index (χ2n) is 12.1. The number of carbonyl (C=O) groups is 1. The van der Waals surface area contributed by atoms with Gasteiger partial charge >= 0.3 is 12.5 Å². The molecule has 0 saturated heterocycles. The summed E-state index contributed by atoms with van der Waals surface area (Å²) in [5.41, 5.74) is 2.80. The minimum absolute atomic E-state index is 0.242. The number of nitrogens with one attached hydrogen (secondary N) is 2. The zero-order chi connectivity index (χ0) is 31.0. The van der Waals surface area contributed by atoms with Crippen LogP contribution in [0.5, 0.6) is 5.75 Å². The number of amides is 1. The van der Waals surface area contributed by atoms with Crippen molar-refractivity contribution in [2.75, 3.05) is 19.7 Å². The van der Waals surface area contributed by atoms with Crippen molar-refractivity contribution in [3.63, 3.8) is 0 Å². The number of hydrogen-bond acceptors (Lipinski definition) is 5. The van der Waals surface area contributed by atoms with Crippen molar-refractivity contribution >= 4 is 17.0 Å². The van der Waals surface area contributed by atoms with Crippen molar-refractivity contribution in [3.8, 4) is 22.9 Å². The van der Waals surface area contributed by atoms with E-state index in [2.05, 4.69) is 26.0 Å². The summed E-state index contributed by atoms with van der Waals surface area (Å²) in [6.07, 6.45) is 3.92. The summed E-state index contributed by atoms with van der Waals surface area (Å²) in [6.45, 7) is 7.20. The van der Waals surface area contributed by atoms with Crippen LogP contribution in [0.2, 0.25) is 0 Å². The van der Waals surface area contributed by atoms with Crippen LogP contribution >= 0.6 is 0 Å². The lowest BCUT2D eigenvalue weighted by Gasteiger charge is -2.24. The van der Waals surface area contributed by atoms with Crippen LogP contribution in [0.1, 0.15) is 82.9 Å². The maximum atomic E-state index is 13.6. The Balaban J connectivity index is 1.53. The fraction of sp³-hybridized carbons (Fsp3) is 0.515. The average molecular weight is 599 g/mol. The second kappa shape index (κ2) is 14.2. The van der Waals surface area contributed by atoms with Gasteiger partial charge in [-0.3, -0.25) is 0 Å². The van der Waals surface area contributed by atoms with Gasteiger partial charge in [-0.25, -0.2) is 4.79 Å². The molecule has 1 fully saturated rings. The van der Waals surface area contributed by atoms with Crippen molar-refractivity contribution in [2.45, 2.75) is 90.1 Å². The van der Waals surface area contributed by atoms with Crippen LogP contribution in [0.4, 0.5) is 18.0 Å². The van der Waals surface area contributed by atoms with Crippen LogP contribution in [-0.4, -0.2) is 42.3 Å². The van der Waals surface area contributed by atoms with Gasteiger partial charge in [0.2, 0.25) is 0 Å². The number of alkyl carbamates (subject to hydrolysis) is 1. The highest BCUT2D eigenvalue weighted by Crippen LogP contribution is 2.43. The average Bonchev–Trinajstić information content (AvgIpc) is 3.31. The quantitative estimate of drug-likeness (QED) is 0.218. The van der Waals surface area contributed by atoms with Gasteiger partial charge in [0.15, 0.2) is 0 Å². The number of ether oxygens (including phenoxy) is 2. The maximum Gasteiger partial charge on any atom is 0.573 e. The summed E-state index contributed by atoms with van der Waals surface area (Å²) >= 11 is 0. The van der Waals surface area contributed by atoms with Crippen molar-refractivity contribution in [1.82, 2.24) is 15.2 Å². The molecule has 1 aromatic heterocycles. The number of aryl methyl sites for hydroxylation is 1. The first-order valence-electron chi connectivity index (χ1n) is 15.0. The Labute approximate surface area is 251 Å². The third-order valence-corrected chi connectivity index (χ3v) is 7.55. The standard InChI is InChI=1S/C33H41F3N4O3/c1-32(2,3)39-31(41)42-19-9-18-38-17-8-11-24-10-7-14-29(43-33(34,35)36)30(24)27-22-40(25-12-5-4-6-13-25)28-16-15-23(21-37)20-26(27)28/h7,10,14-16,20,22,25,38H,4-6,8-9,11-13,17-19H2,1-3H3,(H,39,41). The zero-order valence-electron chi connectivity index (χ0n) is 25.2. The van der Waals surface area contributed by atoms with Crippen LogP contribution in [0.15, 0.2) is 42.6 Å². The molecule has 0 unspecified atom stereocenters. The largest absolute Gasteiger partial charge is 0.573 e. The number of halogens is 3. The first-order chi connectivity index (χ1) is 20.4. The lowest BCUT2D eigenvalue weighted by Crippen LogP contribution is -2.41. The first-order valence-corrected chi connectivity index (χ1v) is 15.0. The molecule has 1 heterocycles. The fourth-order valence-electron chi connectivity index (χ4n) is 5.72. The number of rotatable bonds is 11. The van der Waals surface area contributed by atoms with Gasteiger partial charge < -0.3 is 24.7 Å². The van der Waals surface area contributed by atoms with Crippen molar-refractivity contribution in [2.24, 2.45) is 0 Å². The normalized spacial score (nSPS) is 14.4. The molecule has 43 heavy (non-hydrogen) atoms. The molecular weight excluding hydrogens is 557 g/mol.